The summed E-state index contributed by atoms with van der Waals surface area (Å²) in [6, 6.07) is 7.48. The van der Waals surface area contributed by atoms with Crippen LogP contribution in [0.2, 0.25) is 0 Å². The maximum absolute atomic E-state index is 11.0. The second kappa shape index (κ2) is 3.44. The minimum Gasteiger partial charge on any atom is -0.477 e. The van der Waals surface area contributed by atoms with Crippen LogP contribution >= 0.6 is 0 Å². The smallest absolute Gasteiger partial charge is 0.354 e. The van der Waals surface area contributed by atoms with Gasteiger partial charge in [-0.25, -0.2) is 14.8 Å². The highest BCUT2D eigenvalue weighted by Gasteiger charge is 2.17. The number of aromatic amines is 2. The summed E-state index contributed by atoms with van der Waals surface area (Å²) in [7, 11) is 0. The van der Waals surface area contributed by atoms with Crippen LogP contribution < -0.4 is 0 Å². The minimum absolute atomic E-state index is 0.0315. The Labute approximate surface area is 95.3 Å². The number of aromatic carboxylic acids is 1. The number of para-hydroxylation sites is 2. The zero-order chi connectivity index (χ0) is 11.8. The molecule has 6 nitrogen and oxygen atoms in total. The predicted octanol–water partition coefficient (Wildman–Crippen LogP) is 1.65. The lowest BCUT2D eigenvalue weighted by molar-refractivity contribution is 0.0692. The van der Waals surface area contributed by atoms with Gasteiger partial charge in [-0.15, -0.1) is 0 Å². The van der Waals surface area contributed by atoms with Gasteiger partial charge in [0.1, 0.15) is 5.69 Å². The molecule has 17 heavy (non-hydrogen) atoms. The second-order valence-electron chi connectivity index (χ2n) is 3.53. The van der Waals surface area contributed by atoms with Crippen LogP contribution in [-0.4, -0.2) is 31.0 Å². The van der Waals surface area contributed by atoms with Crippen LogP contribution in [0.15, 0.2) is 30.6 Å². The predicted molar refractivity (Wildman–Crippen MR) is 60.6 cm³/mol. The maximum atomic E-state index is 11.0. The molecule has 0 unspecified atom stereocenters. The lowest BCUT2D eigenvalue weighted by atomic mass is 10.3. The molecule has 0 atom stereocenters. The molecule has 1 aromatic carbocycles. The van der Waals surface area contributed by atoms with Crippen LogP contribution in [0.4, 0.5) is 0 Å². The molecule has 0 aliphatic rings. The van der Waals surface area contributed by atoms with Crippen LogP contribution in [0.5, 0.6) is 0 Å². The minimum atomic E-state index is -1.06. The number of fused-ring (bicyclic) bond motifs is 1. The fourth-order valence-electron chi connectivity index (χ4n) is 1.70. The number of rotatable bonds is 2. The van der Waals surface area contributed by atoms with Gasteiger partial charge in [0.05, 0.1) is 17.4 Å². The largest absolute Gasteiger partial charge is 0.477 e. The number of nitrogens with one attached hydrogen (secondary N) is 2. The lowest BCUT2D eigenvalue weighted by Crippen LogP contribution is -1.99. The number of hydrogen-bond donors (Lipinski definition) is 3. The van der Waals surface area contributed by atoms with Gasteiger partial charge in [0, 0.05) is 0 Å². The van der Waals surface area contributed by atoms with Gasteiger partial charge in [-0.2, -0.15) is 0 Å². The number of hydrogen-bond acceptors (Lipinski definition) is 3. The number of carboxylic acid groups (broad SMARTS) is 1. The number of nitrogens with zero attached hydrogens (tertiary/aromatic N) is 2. The molecule has 3 N–H and O–H groups in total. The molecule has 0 amide bonds. The van der Waals surface area contributed by atoms with Crippen LogP contribution in [0.1, 0.15) is 10.5 Å². The molecule has 2 aromatic heterocycles. The summed E-state index contributed by atoms with van der Waals surface area (Å²) in [6.07, 6.45) is 1.34. The summed E-state index contributed by atoms with van der Waals surface area (Å²) in [5, 5.41) is 8.98. The summed E-state index contributed by atoms with van der Waals surface area (Å²) in [5.74, 6) is -0.609. The Kier molecular flexibility index (Phi) is 1.94. The summed E-state index contributed by atoms with van der Waals surface area (Å²) in [4.78, 5) is 24.8. The van der Waals surface area contributed by atoms with Crippen molar-refractivity contribution in [2.45, 2.75) is 0 Å². The van der Waals surface area contributed by atoms with Crippen LogP contribution in [0.25, 0.3) is 22.6 Å². The molecule has 3 rings (SSSR count). The fourth-order valence-corrected chi connectivity index (χ4v) is 1.70. The Bertz CT molecular complexity index is 665. The normalized spacial score (nSPS) is 10.8. The first-order valence-electron chi connectivity index (χ1n) is 4.97. The van der Waals surface area contributed by atoms with Gasteiger partial charge in [0.15, 0.2) is 11.5 Å². The topological polar surface area (TPSA) is 94.7 Å². The zero-order valence-electron chi connectivity index (χ0n) is 8.64. The molecule has 6 heteroatoms. The molecule has 0 bridgehead atoms. The summed E-state index contributed by atoms with van der Waals surface area (Å²) >= 11 is 0. The molecule has 3 aromatic rings. The second-order valence-corrected chi connectivity index (χ2v) is 3.53. The third-order valence-electron chi connectivity index (χ3n) is 2.47. The standard InChI is InChI=1S/C11H8N4O2/c16-11(17)9-8(12-5-13-9)10-14-6-3-1-2-4-7(6)15-10/h1-5H,(H,12,13)(H,14,15)(H,16,17). The highest BCUT2D eigenvalue weighted by atomic mass is 16.4. The molecule has 84 valence electrons. The van der Waals surface area contributed by atoms with Crippen molar-refractivity contribution < 1.29 is 9.90 Å². The zero-order valence-corrected chi connectivity index (χ0v) is 8.64. The Morgan fingerprint density at radius 1 is 1.29 bits per heavy atom. The van der Waals surface area contributed by atoms with E-state index in [1.54, 1.807) is 0 Å². The molecule has 0 aliphatic heterocycles. The van der Waals surface area contributed by atoms with Gasteiger partial charge in [-0.3, -0.25) is 0 Å². The van der Waals surface area contributed by atoms with E-state index in [1.165, 1.54) is 6.33 Å². The highest BCUT2D eigenvalue weighted by Crippen LogP contribution is 2.20. The van der Waals surface area contributed by atoms with E-state index in [0.717, 1.165) is 11.0 Å². The van der Waals surface area contributed by atoms with E-state index >= 15 is 0 Å². The molecule has 0 saturated carbocycles. The Hall–Kier alpha value is -2.63. The first-order valence-corrected chi connectivity index (χ1v) is 4.97. The van der Waals surface area contributed by atoms with E-state index in [2.05, 4.69) is 19.9 Å². The molecule has 0 aliphatic carbocycles. The Balaban J connectivity index is 2.20. The van der Waals surface area contributed by atoms with Crippen molar-refractivity contribution in [1.29, 1.82) is 0 Å². The molecular formula is C11H8N4O2. The molecule has 0 radical (unpaired) electrons. The molecule has 2 heterocycles. The van der Waals surface area contributed by atoms with Crippen molar-refractivity contribution in [3.63, 3.8) is 0 Å². The van der Waals surface area contributed by atoms with Crippen LogP contribution in [0.3, 0.4) is 0 Å². The van der Waals surface area contributed by atoms with E-state index in [0.29, 0.717) is 11.5 Å². The summed E-state index contributed by atoms with van der Waals surface area (Å²) in [5.41, 5.74) is 1.97. The SMILES string of the molecule is O=C(O)c1[nH]cnc1-c1nc2ccccc2[nH]1. The van der Waals surface area contributed by atoms with Gasteiger partial charge in [0.25, 0.3) is 0 Å². The van der Waals surface area contributed by atoms with Crippen molar-refractivity contribution >= 4 is 17.0 Å². The summed E-state index contributed by atoms with van der Waals surface area (Å²) in [6.45, 7) is 0. The van der Waals surface area contributed by atoms with E-state index in [4.69, 9.17) is 5.11 Å². The van der Waals surface area contributed by atoms with Gasteiger partial charge in [-0.05, 0) is 12.1 Å². The average molecular weight is 228 g/mol. The van der Waals surface area contributed by atoms with E-state index in [1.807, 2.05) is 24.3 Å². The van der Waals surface area contributed by atoms with E-state index in [-0.39, 0.29) is 5.69 Å². The summed E-state index contributed by atoms with van der Waals surface area (Å²) < 4.78 is 0. The van der Waals surface area contributed by atoms with Crippen molar-refractivity contribution in [1.82, 2.24) is 19.9 Å². The molecule has 0 saturated heterocycles. The number of carboxylic acids is 1. The third kappa shape index (κ3) is 1.46. The molecular weight excluding hydrogens is 220 g/mol. The van der Waals surface area contributed by atoms with Crippen LogP contribution in [-0.2, 0) is 0 Å². The fraction of sp³-hybridized carbons (Fsp3) is 0. The molecule has 0 fully saturated rings. The van der Waals surface area contributed by atoms with Crippen molar-refractivity contribution in [3.8, 4) is 11.5 Å². The van der Waals surface area contributed by atoms with Crippen molar-refractivity contribution in [2.24, 2.45) is 0 Å². The lowest BCUT2D eigenvalue weighted by Gasteiger charge is -1.92. The van der Waals surface area contributed by atoms with E-state index < -0.39 is 5.97 Å². The number of imidazole rings is 2. The van der Waals surface area contributed by atoms with Crippen molar-refractivity contribution in [3.05, 3.63) is 36.3 Å². The van der Waals surface area contributed by atoms with Crippen molar-refractivity contribution in [2.75, 3.05) is 0 Å². The Morgan fingerprint density at radius 3 is 2.88 bits per heavy atom. The van der Waals surface area contributed by atoms with Gasteiger partial charge in [0.2, 0.25) is 0 Å². The quantitative estimate of drug-likeness (QED) is 0.621. The highest BCUT2D eigenvalue weighted by molar-refractivity contribution is 5.92. The van der Waals surface area contributed by atoms with Crippen LogP contribution in [0, 0.1) is 0 Å². The van der Waals surface area contributed by atoms with Gasteiger partial charge >= 0.3 is 5.97 Å². The average Bonchev–Trinajstić information content (AvgIpc) is 2.95. The number of benzene rings is 1. The number of aromatic nitrogens is 4. The Morgan fingerprint density at radius 2 is 2.12 bits per heavy atom. The van der Waals surface area contributed by atoms with E-state index in [9.17, 15) is 4.79 Å². The van der Waals surface area contributed by atoms with Gasteiger partial charge < -0.3 is 15.1 Å². The van der Waals surface area contributed by atoms with Gasteiger partial charge in [-0.1, -0.05) is 12.1 Å². The number of H-pyrrole nitrogens is 2. The monoisotopic (exact) mass is 228 g/mol. The maximum Gasteiger partial charge on any atom is 0.354 e. The number of carbonyl (C=O) groups is 1. The molecule has 0 spiro atoms. The first kappa shape index (κ1) is 9.59. The first-order chi connectivity index (χ1) is 8.25. The third-order valence-corrected chi connectivity index (χ3v) is 2.47.